The summed E-state index contributed by atoms with van der Waals surface area (Å²) >= 11 is 0. The van der Waals surface area contributed by atoms with Crippen molar-refractivity contribution in [3.63, 3.8) is 0 Å². The van der Waals surface area contributed by atoms with Gasteiger partial charge >= 0.3 is 6.18 Å². The molecule has 1 aromatic carbocycles. The summed E-state index contributed by atoms with van der Waals surface area (Å²) in [5.41, 5.74) is -0.232. The van der Waals surface area contributed by atoms with Crippen molar-refractivity contribution in [2.45, 2.75) is 26.4 Å². The van der Waals surface area contributed by atoms with E-state index in [2.05, 4.69) is 5.32 Å². The van der Waals surface area contributed by atoms with Crippen molar-refractivity contribution in [3.8, 4) is 0 Å². The zero-order valence-corrected chi connectivity index (χ0v) is 12.1. The lowest BCUT2D eigenvalue weighted by Gasteiger charge is -2.15. The van der Waals surface area contributed by atoms with Gasteiger partial charge in [-0.05, 0) is 24.0 Å². The van der Waals surface area contributed by atoms with Gasteiger partial charge in [-0.1, -0.05) is 32.0 Å². The molecule has 118 valence electrons. The predicted octanol–water partition coefficient (Wildman–Crippen LogP) is 2.63. The van der Waals surface area contributed by atoms with Crippen LogP contribution in [0, 0.1) is 11.8 Å². The van der Waals surface area contributed by atoms with E-state index in [1.54, 1.807) is 19.9 Å². The maximum Gasteiger partial charge on any atom is 0.416 e. The molecule has 0 aliphatic heterocycles. The zero-order chi connectivity index (χ0) is 16.0. The number of alkyl halides is 3. The van der Waals surface area contributed by atoms with Crippen molar-refractivity contribution in [1.29, 1.82) is 0 Å². The van der Waals surface area contributed by atoms with E-state index >= 15 is 0 Å². The Morgan fingerprint density at radius 1 is 1.33 bits per heavy atom. The van der Waals surface area contributed by atoms with Crippen LogP contribution in [0.2, 0.25) is 0 Å². The maximum absolute atomic E-state index is 12.6. The fourth-order valence-electron chi connectivity index (χ4n) is 1.83. The van der Waals surface area contributed by atoms with Crippen LogP contribution in [0.1, 0.15) is 25.0 Å². The number of rotatable bonds is 6. The number of hydrogen-bond acceptors (Lipinski definition) is 2. The molecule has 2 N–H and O–H groups in total. The summed E-state index contributed by atoms with van der Waals surface area (Å²) in [5, 5.41) is 11.5. The number of nitrogens with one attached hydrogen (secondary N) is 1. The second-order valence-electron chi connectivity index (χ2n) is 5.34. The molecule has 21 heavy (non-hydrogen) atoms. The minimum atomic E-state index is -4.38. The molecule has 1 aromatic rings. The van der Waals surface area contributed by atoms with Crippen LogP contribution in [0.25, 0.3) is 0 Å². The van der Waals surface area contributed by atoms with Crippen LogP contribution in [0.15, 0.2) is 24.3 Å². The second kappa shape index (κ2) is 7.45. The minimum Gasteiger partial charge on any atom is -0.396 e. The highest BCUT2D eigenvalue weighted by molar-refractivity contribution is 5.78. The number of carbonyl (C=O) groups is 1. The molecule has 0 aliphatic carbocycles. The number of benzene rings is 1. The Bertz CT molecular complexity index is 474. The third-order valence-electron chi connectivity index (χ3n) is 3.18. The van der Waals surface area contributed by atoms with Crippen molar-refractivity contribution < 1.29 is 23.1 Å². The molecule has 0 heterocycles. The highest BCUT2D eigenvalue weighted by Gasteiger charge is 2.30. The number of aliphatic hydroxyl groups is 1. The van der Waals surface area contributed by atoms with Crippen molar-refractivity contribution in [1.82, 2.24) is 5.32 Å². The third kappa shape index (κ3) is 5.75. The van der Waals surface area contributed by atoms with Crippen LogP contribution in [0.5, 0.6) is 0 Å². The molecule has 2 unspecified atom stereocenters. The number of hydrogen-bond donors (Lipinski definition) is 2. The molecule has 0 bridgehead atoms. The molecule has 2 atom stereocenters. The quantitative estimate of drug-likeness (QED) is 0.849. The summed E-state index contributed by atoms with van der Waals surface area (Å²) in [7, 11) is 0. The Morgan fingerprint density at radius 3 is 2.57 bits per heavy atom. The lowest BCUT2D eigenvalue weighted by molar-refractivity contribution is -0.137. The van der Waals surface area contributed by atoms with Crippen molar-refractivity contribution in [2.75, 3.05) is 13.2 Å². The normalized spacial score (nSPS) is 14.6. The van der Waals surface area contributed by atoms with Crippen LogP contribution in [-0.4, -0.2) is 24.2 Å². The van der Waals surface area contributed by atoms with E-state index in [1.165, 1.54) is 6.07 Å². The Hall–Kier alpha value is -1.56. The first kappa shape index (κ1) is 17.5. The Balaban J connectivity index is 2.62. The van der Waals surface area contributed by atoms with E-state index in [9.17, 15) is 18.0 Å². The molecular weight excluding hydrogens is 283 g/mol. The van der Waals surface area contributed by atoms with Gasteiger partial charge in [0.25, 0.3) is 0 Å². The van der Waals surface area contributed by atoms with E-state index in [-0.39, 0.29) is 24.9 Å². The average Bonchev–Trinajstić information content (AvgIpc) is 2.43. The molecule has 0 saturated carbocycles. The van der Waals surface area contributed by atoms with Gasteiger partial charge in [0.05, 0.1) is 5.56 Å². The summed E-state index contributed by atoms with van der Waals surface area (Å²) in [5.74, 6) is -0.707. The molecule has 0 radical (unpaired) electrons. The number of halogens is 3. The van der Waals surface area contributed by atoms with Gasteiger partial charge in [0.15, 0.2) is 0 Å². The smallest absolute Gasteiger partial charge is 0.396 e. The second-order valence-corrected chi connectivity index (χ2v) is 5.34. The molecule has 0 spiro atoms. The molecule has 1 amide bonds. The van der Waals surface area contributed by atoms with Gasteiger partial charge in [-0.3, -0.25) is 4.79 Å². The first-order chi connectivity index (χ1) is 9.74. The van der Waals surface area contributed by atoms with Crippen LogP contribution < -0.4 is 5.32 Å². The summed E-state index contributed by atoms with van der Waals surface area (Å²) < 4.78 is 37.8. The minimum absolute atomic E-state index is 0.0255. The van der Waals surface area contributed by atoms with Gasteiger partial charge in [-0.25, -0.2) is 0 Å². The zero-order valence-electron chi connectivity index (χ0n) is 12.1. The summed E-state index contributed by atoms with van der Waals surface area (Å²) in [6.45, 7) is 3.78. The maximum atomic E-state index is 12.6. The topological polar surface area (TPSA) is 49.3 Å². The molecule has 0 saturated heterocycles. The average molecular weight is 303 g/mol. The number of carbonyl (C=O) groups excluding carboxylic acids is 1. The van der Waals surface area contributed by atoms with Crippen LogP contribution >= 0.6 is 0 Å². The van der Waals surface area contributed by atoms with Gasteiger partial charge in [0.1, 0.15) is 0 Å². The SMILES string of the molecule is CC(CO)CNC(=O)C(C)Cc1cccc(C(F)(F)F)c1. The molecule has 6 heteroatoms. The summed E-state index contributed by atoms with van der Waals surface area (Å²) in [6.07, 6.45) is -4.14. The number of aliphatic hydroxyl groups excluding tert-OH is 1. The fraction of sp³-hybridized carbons (Fsp3) is 0.533. The molecule has 0 aromatic heterocycles. The lowest BCUT2D eigenvalue weighted by Crippen LogP contribution is -2.34. The molecule has 0 fully saturated rings. The molecular formula is C15H20F3NO2. The van der Waals surface area contributed by atoms with E-state index in [0.717, 1.165) is 12.1 Å². The Morgan fingerprint density at radius 2 is 2.00 bits per heavy atom. The van der Waals surface area contributed by atoms with Gasteiger partial charge in [-0.15, -0.1) is 0 Å². The van der Waals surface area contributed by atoms with Crippen LogP contribution in [-0.2, 0) is 17.4 Å². The predicted molar refractivity (Wildman–Crippen MR) is 73.6 cm³/mol. The Labute approximate surface area is 122 Å². The van der Waals surface area contributed by atoms with E-state index < -0.39 is 17.7 Å². The van der Waals surface area contributed by atoms with Crippen LogP contribution in [0.3, 0.4) is 0 Å². The molecule has 3 nitrogen and oxygen atoms in total. The van der Waals surface area contributed by atoms with Gasteiger partial charge in [0.2, 0.25) is 5.91 Å². The summed E-state index contributed by atoms with van der Waals surface area (Å²) in [6, 6.07) is 5.00. The van der Waals surface area contributed by atoms with E-state index in [0.29, 0.717) is 12.1 Å². The molecule has 1 rings (SSSR count). The lowest BCUT2D eigenvalue weighted by atomic mass is 9.98. The Kier molecular flexibility index (Phi) is 6.20. The van der Waals surface area contributed by atoms with Crippen LogP contribution in [0.4, 0.5) is 13.2 Å². The summed E-state index contributed by atoms with van der Waals surface area (Å²) in [4.78, 5) is 11.8. The van der Waals surface area contributed by atoms with Crippen molar-refractivity contribution in [3.05, 3.63) is 35.4 Å². The van der Waals surface area contributed by atoms with E-state index in [4.69, 9.17) is 5.11 Å². The van der Waals surface area contributed by atoms with Crippen molar-refractivity contribution in [2.24, 2.45) is 11.8 Å². The monoisotopic (exact) mass is 303 g/mol. The van der Waals surface area contributed by atoms with E-state index in [1.807, 2.05) is 0 Å². The highest BCUT2D eigenvalue weighted by atomic mass is 19.4. The standard InChI is InChI=1S/C15H20F3NO2/c1-10(9-20)8-19-14(21)11(2)6-12-4-3-5-13(7-12)15(16,17)18/h3-5,7,10-11,20H,6,8-9H2,1-2H3,(H,19,21). The first-order valence-corrected chi connectivity index (χ1v) is 6.78. The largest absolute Gasteiger partial charge is 0.416 e. The van der Waals surface area contributed by atoms with Gasteiger partial charge < -0.3 is 10.4 Å². The van der Waals surface area contributed by atoms with Crippen molar-refractivity contribution >= 4 is 5.91 Å². The third-order valence-corrected chi connectivity index (χ3v) is 3.18. The van der Waals surface area contributed by atoms with Gasteiger partial charge in [-0.2, -0.15) is 13.2 Å². The van der Waals surface area contributed by atoms with Gasteiger partial charge in [0, 0.05) is 19.1 Å². The fourth-order valence-corrected chi connectivity index (χ4v) is 1.83. The number of amides is 1. The molecule has 0 aliphatic rings. The highest BCUT2D eigenvalue weighted by Crippen LogP contribution is 2.29. The first-order valence-electron chi connectivity index (χ1n) is 6.78.